The average molecular weight is 429 g/mol. The number of amides is 1. The quantitative estimate of drug-likeness (QED) is 0.649. The van der Waals surface area contributed by atoms with Crippen molar-refractivity contribution < 1.29 is 27.4 Å². The maximum absolute atomic E-state index is 13.3. The Morgan fingerprint density at radius 1 is 1.19 bits per heavy atom. The molecular formula is C20H14F3N5O3. The van der Waals surface area contributed by atoms with Crippen LogP contribution < -0.4 is 14.8 Å². The van der Waals surface area contributed by atoms with Crippen LogP contribution in [-0.4, -0.2) is 28.2 Å². The number of nitriles is 1. The first-order valence-corrected chi connectivity index (χ1v) is 8.66. The van der Waals surface area contributed by atoms with Crippen molar-refractivity contribution in [2.45, 2.75) is 13.1 Å². The minimum atomic E-state index is -4.83. The maximum atomic E-state index is 13.3. The number of benzene rings is 1. The van der Waals surface area contributed by atoms with E-state index in [9.17, 15) is 18.0 Å². The van der Waals surface area contributed by atoms with E-state index in [1.54, 1.807) is 6.07 Å². The van der Waals surface area contributed by atoms with Gasteiger partial charge < -0.3 is 14.8 Å². The van der Waals surface area contributed by atoms with E-state index in [1.165, 1.54) is 43.8 Å². The van der Waals surface area contributed by atoms with Crippen LogP contribution in [0.1, 0.15) is 27.2 Å². The summed E-state index contributed by atoms with van der Waals surface area (Å²) in [5, 5.41) is 18.2. The number of nitrogens with one attached hydrogen (secondary N) is 1. The Morgan fingerprint density at radius 3 is 2.58 bits per heavy atom. The lowest BCUT2D eigenvalue weighted by molar-refractivity contribution is -0.142. The third-order valence-corrected chi connectivity index (χ3v) is 4.10. The van der Waals surface area contributed by atoms with E-state index in [-0.39, 0.29) is 22.7 Å². The van der Waals surface area contributed by atoms with Crippen molar-refractivity contribution in [1.82, 2.24) is 15.2 Å². The predicted molar refractivity (Wildman–Crippen MR) is 102 cm³/mol. The minimum Gasteiger partial charge on any atom is -0.493 e. The van der Waals surface area contributed by atoms with E-state index in [2.05, 4.69) is 20.5 Å². The number of aromatic nitrogens is 3. The van der Waals surface area contributed by atoms with Crippen molar-refractivity contribution in [2.24, 2.45) is 0 Å². The van der Waals surface area contributed by atoms with Crippen LogP contribution in [0.3, 0.4) is 0 Å². The zero-order chi connectivity index (χ0) is 22.6. The van der Waals surface area contributed by atoms with Gasteiger partial charge in [-0.3, -0.25) is 9.78 Å². The number of methoxy groups -OCH3 is 1. The van der Waals surface area contributed by atoms with Gasteiger partial charge in [-0.2, -0.15) is 18.4 Å². The van der Waals surface area contributed by atoms with E-state index in [1.807, 2.05) is 6.07 Å². The molecule has 1 amide bonds. The van der Waals surface area contributed by atoms with Gasteiger partial charge in [0.25, 0.3) is 11.8 Å². The third-order valence-electron chi connectivity index (χ3n) is 4.10. The molecule has 0 saturated carbocycles. The predicted octanol–water partition coefficient (Wildman–Crippen LogP) is 4.12. The highest BCUT2D eigenvalue weighted by atomic mass is 19.4. The second-order valence-corrected chi connectivity index (χ2v) is 6.13. The number of carbonyl (C=O) groups is 1. The van der Waals surface area contributed by atoms with E-state index < -0.39 is 34.8 Å². The highest BCUT2D eigenvalue weighted by molar-refractivity contribution is 6.07. The molecule has 0 aliphatic carbocycles. The van der Waals surface area contributed by atoms with Crippen LogP contribution in [0.2, 0.25) is 0 Å². The lowest BCUT2D eigenvalue weighted by Gasteiger charge is -2.16. The number of anilines is 1. The van der Waals surface area contributed by atoms with Gasteiger partial charge in [0.2, 0.25) is 0 Å². The number of nitrogens with zero attached hydrogens (tertiary/aromatic N) is 4. The van der Waals surface area contributed by atoms with Crippen LogP contribution in [0.25, 0.3) is 0 Å². The Kier molecular flexibility index (Phi) is 6.01. The first-order valence-electron chi connectivity index (χ1n) is 8.66. The molecule has 3 rings (SSSR count). The standard InChI is InChI=1S/C20H14F3N5O3/c1-11-16(18(29)26-13-4-3-7-25-10-13)19(28-27-17(11)20(21,22)23)31-14-6-5-12(9-24)8-15(14)30-2/h3-8,10H,1-2H3,(H,26,29). The van der Waals surface area contributed by atoms with Crippen molar-refractivity contribution in [3.8, 4) is 23.4 Å². The van der Waals surface area contributed by atoms with Gasteiger partial charge in [0.15, 0.2) is 17.2 Å². The maximum Gasteiger partial charge on any atom is 0.435 e. The molecule has 0 spiro atoms. The SMILES string of the molecule is COc1cc(C#N)ccc1Oc1nnc(C(F)(F)F)c(C)c1C(=O)Nc1cccnc1. The van der Waals surface area contributed by atoms with Crippen molar-refractivity contribution in [1.29, 1.82) is 5.26 Å². The van der Waals surface area contributed by atoms with Crippen LogP contribution in [0.5, 0.6) is 17.4 Å². The fraction of sp³-hybridized carbons (Fsp3) is 0.150. The molecule has 8 nitrogen and oxygen atoms in total. The summed E-state index contributed by atoms with van der Waals surface area (Å²) in [6.07, 6.45) is -2.02. The van der Waals surface area contributed by atoms with Gasteiger partial charge in [-0.15, -0.1) is 10.2 Å². The lowest BCUT2D eigenvalue weighted by atomic mass is 10.1. The molecule has 0 bridgehead atoms. The first-order chi connectivity index (χ1) is 14.7. The van der Waals surface area contributed by atoms with Gasteiger partial charge >= 0.3 is 6.18 Å². The molecule has 158 valence electrons. The van der Waals surface area contributed by atoms with Gasteiger partial charge in [0.05, 0.1) is 30.6 Å². The summed E-state index contributed by atoms with van der Waals surface area (Å²) in [6.45, 7) is 1.10. The molecule has 11 heteroatoms. The number of hydrogen-bond donors (Lipinski definition) is 1. The lowest BCUT2D eigenvalue weighted by Crippen LogP contribution is -2.21. The number of halogens is 3. The number of hydrogen-bond acceptors (Lipinski definition) is 7. The van der Waals surface area contributed by atoms with Gasteiger partial charge in [-0.05, 0) is 36.8 Å². The molecule has 0 saturated heterocycles. The molecule has 0 radical (unpaired) electrons. The molecule has 2 heterocycles. The topological polar surface area (TPSA) is 110 Å². The van der Waals surface area contributed by atoms with Gasteiger partial charge in [-0.1, -0.05) is 0 Å². The second-order valence-electron chi connectivity index (χ2n) is 6.13. The van der Waals surface area contributed by atoms with Gasteiger partial charge in [0.1, 0.15) is 5.56 Å². The fourth-order valence-corrected chi connectivity index (χ4v) is 2.66. The van der Waals surface area contributed by atoms with E-state index in [0.29, 0.717) is 0 Å². The number of ether oxygens (including phenoxy) is 2. The van der Waals surface area contributed by atoms with Crippen LogP contribution in [-0.2, 0) is 6.18 Å². The molecule has 1 aromatic carbocycles. The second kappa shape index (κ2) is 8.66. The highest BCUT2D eigenvalue weighted by Gasteiger charge is 2.38. The molecule has 0 atom stereocenters. The zero-order valence-corrected chi connectivity index (χ0v) is 16.2. The van der Waals surface area contributed by atoms with Crippen molar-refractivity contribution >= 4 is 11.6 Å². The number of rotatable bonds is 5. The normalized spacial score (nSPS) is 10.8. The Morgan fingerprint density at radius 2 is 1.97 bits per heavy atom. The largest absolute Gasteiger partial charge is 0.493 e. The summed E-state index contributed by atoms with van der Waals surface area (Å²) in [5.74, 6) is -1.20. The summed E-state index contributed by atoms with van der Waals surface area (Å²) in [5.41, 5.74) is -1.71. The van der Waals surface area contributed by atoms with Crippen molar-refractivity contribution in [3.05, 3.63) is 65.1 Å². The summed E-state index contributed by atoms with van der Waals surface area (Å²) in [7, 11) is 1.32. The van der Waals surface area contributed by atoms with Crippen LogP contribution in [0.4, 0.5) is 18.9 Å². The smallest absolute Gasteiger partial charge is 0.435 e. The average Bonchev–Trinajstić information content (AvgIpc) is 2.73. The van der Waals surface area contributed by atoms with Crippen LogP contribution >= 0.6 is 0 Å². The molecule has 0 aliphatic heterocycles. The molecule has 1 N–H and O–H groups in total. The zero-order valence-electron chi connectivity index (χ0n) is 16.2. The third kappa shape index (κ3) is 4.69. The number of pyridine rings is 1. The Balaban J connectivity index is 2.09. The molecule has 31 heavy (non-hydrogen) atoms. The molecule has 2 aromatic heterocycles. The number of carbonyl (C=O) groups excluding carboxylic acids is 1. The van der Waals surface area contributed by atoms with E-state index >= 15 is 0 Å². The first kappa shape index (κ1) is 21.5. The summed E-state index contributed by atoms with van der Waals surface area (Å²) >= 11 is 0. The van der Waals surface area contributed by atoms with Gasteiger partial charge in [0, 0.05) is 12.3 Å². The minimum absolute atomic E-state index is 0.0328. The summed E-state index contributed by atoms with van der Waals surface area (Å²) in [4.78, 5) is 16.7. The molecular weight excluding hydrogens is 415 g/mol. The Hall–Kier alpha value is -4.20. The highest BCUT2D eigenvalue weighted by Crippen LogP contribution is 2.37. The van der Waals surface area contributed by atoms with Gasteiger partial charge in [-0.25, -0.2) is 0 Å². The fourth-order valence-electron chi connectivity index (χ4n) is 2.66. The van der Waals surface area contributed by atoms with Crippen molar-refractivity contribution in [3.63, 3.8) is 0 Å². The Bertz CT molecular complexity index is 1160. The van der Waals surface area contributed by atoms with E-state index in [4.69, 9.17) is 14.7 Å². The van der Waals surface area contributed by atoms with Crippen LogP contribution in [0, 0.1) is 18.3 Å². The van der Waals surface area contributed by atoms with Crippen molar-refractivity contribution in [2.75, 3.05) is 12.4 Å². The Labute approximate surface area is 174 Å². The summed E-state index contributed by atoms with van der Waals surface area (Å²) < 4.78 is 50.8. The number of alkyl halides is 3. The van der Waals surface area contributed by atoms with Crippen LogP contribution in [0.15, 0.2) is 42.7 Å². The van der Waals surface area contributed by atoms with E-state index in [0.717, 1.165) is 6.92 Å². The summed E-state index contributed by atoms with van der Waals surface area (Å²) in [6, 6.07) is 9.15. The molecule has 3 aromatic rings. The molecule has 0 fully saturated rings. The monoisotopic (exact) mass is 429 g/mol. The molecule has 0 unspecified atom stereocenters. The molecule has 0 aliphatic rings.